The molecule has 21 heavy (non-hydrogen) atoms. The van der Waals surface area contributed by atoms with Crippen molar-refractivity contribution in [1.82, 2.24) is 10.3 Å². The Kier molecular flexibility index (Phi) is 4.49. The van der Waals surface area contributed by atoms with Crippen LogP contribution >= 0.6 is 11.3 Å². The zero-order valence-electron chi connectivity index (χ0n) is 11.0. The van der Waals surface area contributed by atoms with E-state index in [1.807, 2.05) is 12.3 Å². The maximum atomic E-state index is 13.1. The highest BCUT2D eigenvalue weighted by atomic mass is 32.1. The molecule has 0 saturated carbocycles. The second-order valence-corrected chi connectivity index (χ2v) is 5.13. The smallest absolute Gasteiger partial charge is 0.337 e. The number of urea groups is 1. The predicted molar refractivity (Wildman–Crippen MR) is 76.1 cm³/mol. The molecule has 0 atom stereocenters. The number of anilines is 1. The van der Waals surface area contributed by atoms with Crippen molar-refractivity contribution in [1.29, 1.82) is 0 Å². The van der Waals surface area contributed by atoms with E-state index in [2.05, 4.69) is 15.6 Å². The van der Waals surface area contributed by atoms with Crippen LogP contribution in [0.4, 0.5) is 14.9 Å². The van der Waals surface area contributed by atoms with Crippen LogP contribution in [0, 0.1) is 12.7 Å². The monoisotopic (exact) mass is 309 g/mol. The largest absolute Gasteiger partial charge is 0.478 e. The van der Waals surface area contributed by atoms with Crippen molar-refractivity contribution in [2.24, 2.45) is 0 Å². The number of carbonyl (C=O) groups is 2. The number of carboxylic acids is 1. The first-order valence-corrected chi connectivity index (χ1v) is 6.82. The van der Waals surface area contributed by atoms with E-state index in [0.717, 1.165) is 28.9 Å². The van der Waals surface area contributed by atoms with Gasteiger partial charge in [-0.2, -0.15) is 0 Å². The van der Waals surface area contributed by atoms with Crippen molar-refractivity contribution in [3.8, 4) is 0 Å². The van der Waals surface area contributed by atoms with Crippen LogP contribution in [-0.2, 0) is 6.54 Å². The summed E-state index contributed by atoms with van der Waals surface area (Å²) in [5.74, 6) is -1.88. The number of aryl methyl sites for hydroxylation is 1. The highest BCUT2D eigenvalue weighted by Gasteiger charge is 2.13. The minimum atomic E-state index is -1.25. The Labute approximate surface area is 123 Å². The van der Waals surface area contributed by atoms with Crippen LogP contribution in [0.15, 0.2) is 23.6 Å². The number of carbonyl (C=O) groups excluding carboxylic acids is 1. The van der Waals surface area contributed by atoms with Gasteiger partial charge >= 0.3 is 12.0 Å². The lowest BCUT2D eigenvalue weighted by atomic mass is 10.2. The second kappa shape index (κ2) is 6.31. The van der Waals surface area contributed by atoms with Crippen molar-refractivity contribution < 1.29 is 19.1 Å². The zero-order chi connectivity index (χ0) is 15.4. The molecule has 6 nitrogen and oxygen atoms in total. The molecule has 0 aliphatic heterocycles. The average molecular weight is 309 g/mol. The number of hydrogen-bond donors (Lipinski definition) is 3. The number of carboxylic acid groups (broad SMARTS) is 1. The number of nitrogens with one attached hydrogen (secondary N) is 2. The molecule has 1 aromatic carbocycles. The molecular weight excluding hydrogens is 297 g/mol. The third-order valence-electron chi connectivity index (χ3n) is 2.53. The number of rotatable bonds is 4. The molecule has 0 unspecified atom stereocenters. The zero-order valence-corrected chi connectivity index (χ0v) is 11.8. The summed E-state index contributed by atoms with van der Waals surface area (Å²) < 4.78 is 13.1. The maximum absolute atomic E-state index is 13.1. The molecule has 0 aliphatic carbocycles. The van der Waals surface area contributed by atoms with Gasteiger partial charge in [-0.3, -0.25) is 0 Å². The van der Waals surface area contributed by atoms with Gasteiger partial charge in [-0.05, 0) is 25.1 Å². The Morgan fingerprint density at radius 1 is 1.43 bits per heavy atom. The van der Waals surface area contributed by atoms with Gasteiger partial charge in [0.2, 0.25) is 0 Å². The Balaban J connectivity index is 2.02. The van der Waals surface area contributed by atoms with E-state index in [1.54, 1.807) is 0 Å². The molecule has 0 radical (unpaired) electrons. The Hall–Kier alpha value is -2.48. The van der Waals surface area contributed by atoms with Crippen LogP contribution in [0.3, 0.4) is 0 Å². The van der Waals surface area contributed by atoms with E-state index >= 15 is 0 Å². The van der Waals surface area contributed by atoms with Crippen LogP contribution < -0.4 is 10.6 Å². The maximum Gasteiger partial charge on any atom is 0.337 e. The first-order chi connectivity index (χ1) is 9.95. The lowest BCUT2D eigenvalue weighted by Gasteiger charge is -2.09. The minimum absolute atomic E-state index is 0.102. The van der Waals surface area contributed by atoms with E-state index in [4.69, 9.17) is 5.11 Å². The summed E-state index contributed by atoms with van der Waals surface area (Å²) in [5.41, 5.74) is 0.572. The van der Waals surface area contributed by atoms with Crippen molar-refractivity contribution in [2.45, 2.75) is 13.5 Å². The molecule has 2 rings (SSSR count). The highest BCUT2D eigenvalue weighted by molar-refractivity contribution is 7.09. The van der Waals surface area contributed by atoms with Gasteiger partial charge < -0.3 is 15.7 Å². The van der Waals surface area contributed by atoms with E-state index in [9.17, 15) is 14.0 Å². The quantitative estimate of drug-likeness (QED) is 0.809. The summed E-state index contributed by atoms with van der Waals surface area (Å²) in [5, 5.41) is 16.4. The van der Waals surface area contributed by atoms with Gasteiger partial charge in [-0.25, -0.2) is 19.0 Å². The Bertz CT molecular complexity index is 687. The molecule has 8 heteroatoms. The molecule has 2 aromatic rings. The van der Waals surface area contributed by atoms with Crippen LogP contribution in [0.2, 0.25) is 0 Å². The standard InChI is InChI=1S/C13H12FN3O3S/c1-7-6-21-11(16-7)5-15-13(20)17-10-4-8(14)2-3-9(10)12(18)19/h2-4,6H,5H2,1H3,(H,18,19)(H2,15,17,20). The molecule has 0 saturated heterocycles. The lowest BCUT2D eigenvalue weighted by molar-refractivity contribution is 0.0698. The first kappa shape index (κ1) is 14.9. The molecule has 1 aromatic heterocycles. The number of halogens is 1. The summed E-state index contributed by atoms with van der Waals surface area (Å²) in [6.07, 6.45) is 0. The number of hydrogen-bond acceptors (Lipinski definition) is 4. The highest BCUT2D eigenvalue weighted by Crippen LogP contribution is 2.17. The van der Waals surface area contributed by atoms with Crippen LogP contribution in [0.25, 0.3) is 0 Å². The number of amides is 2. The molecule has 3 N–H and O–H groups in total. The molecule has 0 aliphatic rings. The molecule has 1 heterocycles. The number of thiazole rings is 1. The van der Waals surface area contributed by atoms with Gasteiger partial charge in [0.1, 0.15) is 10.8 Å². The molecule has 0 spiro atoms. The average Bonchev–Trinajstić information content (AvgIpc) is 2.82. The Morgan fingerprint density at radius 2 is 2.19 bits per heavy atom. The summed E-state index contributed by atoms with van der Waals surface area (Å²) in [6.45, 7) is 2.05. The first-order valence-electron chi connectivity index (χ1n) is 5.94. The number of aromatic nitrogens is 1. The third-order valence-corrected chi connectivity index (χ3v) is 3.49. The number of aromatic carboxylic acids is 1. The topological polar surface area (TPSA) is 91.3 Å². The normalized spacial score (nSPS) is 10.2. The van der Waals surface area contributed by atoms with Crippen molar-refractivity contribution in [3.63, 3.8) is 0 Å². The lowest BCUT2D eigenvalue weighted by Crippen LogP contribution is -2.29. The fourth-order valence-electron chi connectivity index (χ4n) is 1.61. The van der Waals surface area contributed by atoms with Crippen LogP contribution in [0.5, 0.6) is 0 Å². The molecule has 0 fully saturated rings. The van der Waals surface area contributed by atoms with Gasteiger partial charge in [0.25, 0.3) is 0 Å². The fourth-order valence-corrected chi connectivity index (χ4v) is 2.32. The van der Waals surface area contributed by atoms with E-state index < -0.39 is 17.8 Å². The number of benzene rings is 1. The van der Waals surface area contributed by atoms with Gasteiger partial charge in [0, 0.05) is 11.1 Å². The number of nitrogens with zero attached hydrogens (tertiary/aromatic N) is 1. The van der Waals surface area contributed by atoms with Gasteiger partial charge in [-0.15, -0.1) is 11.3 Å². The molecule has 110 valence electrons. The van der Waals surface area contributed by atoms with Gasteiger partial charge in [0.15, 0.2) is 0 Å². The fraction of sp³-hybridized carbons (Fsp3) is 0.154. The summed E-state index contributed by atoms with van der Waals surface area (Å²) >= 11 is 1.40. The molecule has 0 bridgehead atoms. The Morgan fingerprint density at radius 3 is 2.81 bits per heavy atom. The summed E-state index contributed by atoms with van der Waals surface area (Å²) in [4.78, 5) is 26.9. The van der Waals surface area contributed by atoms with E-state index in [0.29, 0.717) is 0 Å². The van der Waals surface area contributed by atoms with Crippen LogP contribution in [-0.4, -0.2) is 22.1 Å². The van der Waals surface area contributed by atoms with Gasteiger partial charge in [-0.1, -0.05) is 0 Å². The molecular formula is C13H12FN3O3S. The molecule has 2 amide bonds. The third kappa shape index (κ3) is 3.99. The second-order valence-electron chi connectivity index (χ2n) is 4.19. The SMILES string of the molecule is Cc1csc(CNC(=O)Nc2cc(F)ccc2C(=O)O)n1. The van der Waals surface area contributed by atoms with Crippen LogP contribution in [0.1, 0.15) is 21.1 Å². The van der Waals surface area contributed by atoms with Crippen molar-refractivity contribution in [2.75, 3.05) is 5.32 Å². The predicted octanol–water partition coefficient (Wildman–Crippen LogP) is 2.61. The van der Waals surface area contributed by atoms with Gasteiger partial charge in [0.05, 0.1) is 17.8 Å². The summed E-state index contributed by atoms with van der Waals surface area (Å²) in [7, 11) is 0. The van der Waals surface area contributed by atoms with Crippen molar-refractivity contribution in [3.05, 3.63) is 45.7 Å². The minimum Gasteiger partial charge on any atom is -0.478 e. The van der Waals surface area contributed by atoms with E-state index in [1.165, 1.54) is 11.3 Å². The van der Waals surface area contributed by atoms with Crippen molar-refractivity contribution >= 4 is 29.0 Å². The van der Waals surface area contributed by atoms with E-state index in [-0.39, 0.29) is 17.8 Å². The summed E-state index contributed by atoms with van der Waals surface area (Å²) in [6, 6.07) is 2.44.